The molecule has 0 saturated carbocycles. The van der Waals surface area contributed by atoms with Crippen LogP contribution in [0.3, 0.4) is 0 Å². The summed E-state index contributed by atoms with van der Waals surface area (Å²) in [5.74, 6) is 5.70. The number of carbonyl (C=O) groups excluding carboxylic acids is 1. The van der Waals surface area contributed by atoms with Gasteiger partial charge in [0.25, 0.3) is 0 Å². The summed E-state index contributed by atoms with van der Waals surface area (Å²) in [5.41, 5.74) is 3.49. The van der Waals surface area contributed by atoms with E-state index in [9.17, 15) is 13.2 Å². The number of aryl methyl sites for hydroxylation is 1. The molecule has 6 nitrogen and oxygen atoms in total. The minimum Gasteiger partial charge on any atom is -0.336 e. The Morgan fingerprint density at radius 2 is 1.86 bits per heavy atom. The summed E-state index contributed by atoms with van der Waals surface area (Å²) in [6.45, 7) is 3.26. The lowest BCUT2D eigenvalue weighted by atomic mass is 10.2. The number of nitrogens with one attached hydrogen (secondary N) is 2. The van der Waals surface area contributed by atoms with Gasteiger partial charge in [-0.05, 0) is 42.8 Å². The average Bonchev–Trinajstić information content (AvgIpc) is 3.11. The van der Waals surface area contributed by atoms with Gasteiger partial charge in [0.2, 0.25) is 10.0 Å². The van der Waals surface area contributed by atoms with Gasteiger partial charge in [0.1, 0.15) is 0 Å². The lowest BCUT2D eigenvalue weighted by molar-refractivity contribution is 0.252. The molecule has 0 radical (unpaired) electrons. The van der Waals surface area contributed by atoms with Crippen molar-refractivity contribution in [1.29, 1.82) is 0 Å². The largest absolute Gasteiger partial charge is 0.336 e. The van der Waals surface area contributed by atoms with E-state index in [4.69, 9.17) is 0 Å². The molecule has 0 unspecified atom stereocenters. The Labute approximate surface area is 165 Å². The van der Waals surface area contributed by atoms with Crippen LogP contribution in [0.5, 0.6) is 0 Å². The third-order valence-electron chi connectivity index (χ3n) is 4.15. The maximum absolute atomic E-state index is 12.0. The van der Waals surface area contributed by atoms with Crippen molar-refractivity contribution in [3.8, 4) is 11.8 Å². The number of hydrogen-bond acceptors (Lipinski definition) is 3. The summed E-state index contributed by atoms with van der Waals surface area (Å²) in [6, 6.07) is 14.7. The quantitative estimate of drug-likeness (QED) is 0.764. The fraction of sp³-hybridized carbons (Fsp3) is 0.190. The molecule has 1 fully saturated rings. The van der Waals surface area contributed by atoms with Gasteiger partial charge in [0, 0.05) is 29.7 Å². The average molecular weight is 395 g/mol. The smallest absolute Gasteiger partial charge is 0.321 e. The summed E-state index contributed by atoms with van der Waals surface area (Å²) in [4.78, 5) is 13.3. The number of anilines is 1. The van der Waals surface area contributed by atoms with E-state index in [2.05, 4.69) is 21.9 Å². The third kappa shape index (κ3) is 5.46. The maximum atomic E-state index is 12.0. The summed E-state index contributed by atoms with van der Waals surface area (Å²) < 4.78 is 26.4. The van der Waals surface area contributed by atoms with Crippen molar-refractivity contribution in [3.63, 3.8) is 0 Å². The molecule has 1 saturated heterocycles. The van der Waals surface area contributed by atoms with E-state index in [-0.39, 0.29) is 12.6 Å². The van der Waals surface area contributed by atoms with Crippen molar-refractivity contribution in [1.82, 2.24) is 10.0 Å². The lowest BCUT2D eigenvalue weighted by Gasteiger charge is -2.13. The maximum Gasteiger partial charge on any atom is 0.321 e. The van der Waals surface area contributed by atoms with E-state index in [0.717, 1.165) is 27.8 Å². The highest BCUT2D eigenvalue weighted by molar-refractivity contribution is 7.92. The van der Waals surface area contributed by atoms with E-state index in [0.29, 0.717) is 13.1 Å². The first kappa shape index (κ1) is 19.7. The monoisotopic (exact) mass is 395 g/mol. The number of hydrogen-bond donors (Lipinski definition) is 2. The second-order valence-corrected chi connectivity index (χ2v) is 7.96. The molecule has 0 atom stereocenters. The third-order valence-corrected chi connectivity index (χ3v) is 5.19. The molecule has 1 aliphatic rings. The Balaban J connectivity index is 1.54. The number of urea groups is 1. The molecule has 3 rings (SSSR count). The zero-order valence-corrected chi connectivity index (χ0v) is 16.3. The molecule has 28 heavy (non-hydrogen) atoms. The number of rotatable bonds is 5. The molecule has 1 aliphatic heterocycles. The first-order valence-electron chi connectivity index (χ1n) is 8.82. The second-order valence-electron chi connectivity index (χ2n) is 6.31. The van der Waals surface area contributed by atoms with Gasteiger partial charge < -0.3 is 5.32 Å². The number of amides is 2. The van der Waals surface area contributed by atoms with Crippen LogP contribution in [0.1, 0.15) is 16.7 Å². The van der Waals surface area contributed by atoms with Crippen molar-refractivity contribution in [2.75, 3.05) is 24.5 Å². The predicted octanol–water partition coefficient (Wildman–Crippen LogP) is 2.47. The Morgan fingerprint density at radius 3 is 2.50 bits per heavy atom. The number of nitrogens with zero attached hydrogens (tertiary/aromatic N) is 1. The molecule has 2 N–H and O–H groups in total. The van der Waals surface area contributed by atoms with Crippen molar-refractivity contribution in [3.05, 3.63) is 70.6 Å². The van der Waals surface area contributed by atoms with Crippen LogP contribution < -0.4 is 14.9 Å². The van der Waals surface area contributed by atoms with Gasteiger partial charge in [-0.1, -0.05) is 41.7 Å². The fourth-order valence-corrected chi connectivity index (χ4v) is 3.33. The highest BCUT2D eigenvalue weighted by atomic mass is 32.2. The number of sulfonamides is 1. The van der Waals surface area contributed by atoms with Gasteiger partial charge >= 0.3 is 6.03 Å². The zero-order valence-electron chi connectivity index (χ0n) is 15.5. The minimum absolute atomic E-state index is 0.0108. The summed E-state index contributed by atoms with van der Waals surface area (Å²) in [7, 11) is -3.55. The molecule has 1 heterocycles. The molecule has 2 aromatic rings. The van der Waals surface area contributed by atoms with Gasteiger partial charge in [-0.15, -0.1) is 0 Å². The number of benzene rings is 2. The van der Waals surface area contributed by atoms with E-state index in [1.165, 1.54) is 0 Å². The Morgan fingerprint density at radius 1 is 1.14 bits per heavy atom. The minimum atomic E-state index is -3.55. The Bertz CT molecular complexity index is 1030. The van der Waals surface area contributed by atoms with Crippen LogP contribution in [0, 0.1) is 18.8 Å². The van der Waals surface area contributed by atoms with Crippen LogP contribution in [0.2, 0.25) is 0 Å². The van der Waals surface area contributed by atoms with E-state index < -0.39 is 10.0 Å². The van der Waals surface area contributed by atoms with Crippen molar-refractivity contribution >= 4 is 27.8 Å². The van der Waals surface area contributed by atoms with E-state index in [1.54, 1.807) is 23.1 Å². The first-order valence-corrected chi connectivity index (χ1v) is 10.4. The van der Waals surface area contributed by atoms with Crippen LogP contribution in [0.15, 0.2) is 53.9 Å². The zero-order chi connectivity index (χ0) is 20.0. The molecule has 0 aliphatic carbocycles. The molecular weight excluding hydrogens is 374 g/mol. The van der Waals surface area contributed by atoms with Crippen LogP contribution in [0.25, 0.3) is 6.08 Å². The second kappa shape index (κ2) is 8.74. The van der Waals surface area contributed by atoms with Gasteiger partial charge in [-0.2, -0.15) is 4.72 Å². The molecule has 0 spiro atoms. The Kier molecular flexibility index (Phi) is 6.14. The molecule has 7 heteroatoms. The SMILES string of the molecule is Cc1ccc(/C=C/S(=O)(=O)NCC#Cc2ccc(N3CCNC3=O)cc2)cc1. The highest BCUT2D eigenvalue weighted by Gasteiger charge is 2.20. The lowest BCUT2D eigenvalue weighted by Crippen LogP contribution is -2.27. The predicted molar refractivity (Wildman–Crippen MR) is 111 cm³/mol. The van der Waals surface area contributed by atoms with Gasteiger partial charge in [0.05, 0.1) is 6.54 Å². The van der Waals surface area contributed by atoms with Gasteiger partial charge in [-0.25, -0.2) is 13.2 Å². The molecule has 144 valence electrons. The van der Waals surface area contributed by atoms with Crippen LogP contribution in [0.4, 0.5) is 10.5 Å². The van der Waals surface area contributed by atoms with Crippen LogP contribution >= 0.6 is 0 Å². The van der Waals surface area contributed by atoms with Crippen LogP contribution in [-0.2, 0) is 10.0 Å². The van der Waals surface area contributed by atoms with E-state index >= 15 is 0 Å². The van der Waals surface area contributed by atoms with Gasteiger partial charge in [-0.3, -0.25) is 4.90 Å². The standard InChI is InChI=1S/C21H21N3O3S/c1-17-4-6-19(7-5-17)12-16-28(26,27)23-13-2-3-18-8-10-20(11-9-18)24-15-14-22-21(24)25/h4-12,16,23H,13-15H2,1H3,(H,22,25)/b16-12+. The number of carbonyl (C=O) groups is 1. The van der Waals surface area contributed by atoms with Crippen molar-refractivity contribution < 1.29 is 13.2 Å². The van der Waals surface area contributed by atoms with Crippen molar-refractivity contribution in [2.24, 2.45) is 0 Å². The summed E-state index contributed by atoms with van der Waals surface area (Å²) >= 11 is 0. The molecule has 0 aromatic heterocycles. The molecule has 2 amide bonds. The normalized spacial score (nSPS) is 14.0. The molecular formula is C21H21N3O3S. The highest BCUT2D eigenvalue weighted by Crippen LogP contribution is 2.16. The van der Waals surface area contributed by atoms with Gasteiger partial charge in [0.15, 0.2) is 0 Å². The summed E-state index contributed by atoms with van der Waals surface area (Å²) in [5, 5.41) is 3.88. The van der Waals surface area contributed by atoms with E-state index in [1.807, 2.05) is 43.3 Å². The Hall–Kier alpha value is -3.08. The first-order chi connectivity index (χ1) is 13.4. The molecule has 2 aromatic carbocycles. The topological polar surface area (TPSA) is 78.5 Å². The van der Waals surface area contributed by atoms with Crippen LogP contribution in [-0.4, -0.2) is 34.1 Å². The summed E-state index contributed by atoms with van der Waals surface area (Å²) in [6.07, 6.45) is 1.54. The fourth-order valence-electron chi connectivity index (χ4n) is 2.62. The van der Waals surface area contributed by atoms with Crippen molar-refractivity contribution in [2.45, 2.75) is 6.92 Å². The molecule has 0 bridgehead atoms.